The molecule has 2 aromatic rings. The van der Waals surface area contributed by atoms with Crippen molar-refractivity contribution in [3.8, 4) is 0 Å². The number of nitrogens with zero attached hydrogens (tertiary/aromatic N) is 4. The molecule has 0 radical (unpaired) electrons. The molecule has 1 atom stereocenters. The summed E-state index contributed by atoms with van der Waals surface area (Å²) in [6.07, 6.45) is 1.99. The minimum atomic E-state index is -3.01. The monoisotopic (exact) mass is 351 g/mol. The van der Waals surface area contributed by atoms with Crippen LogP contribution in [-0.2, 0) is 9.84 Å². The van der Waals surface area contributed by atoms with Gasteiger partial charge in [-0.1, -0.05) is 5.16 Å². The number of amides is 1. The van der Waals surface area contributed by atoms with Gasteiger partial charge in [0, 0.05) is 25.4 Å². The summed E-state index contributed by atoms with van der Waals surface area (Å²) in [6, 6.07) is 2.88. The van der Waals surface area contributed by atoms with E-state index in [9.17, 15) is 13.2 Å². The van der Waals surface area contributed by atoms with Crippen molar-refractivity contribution in [2.75, 3.05) is 28.8 Å². The van der Waals surface area contributed by atoms with Crippen molar-refractivity contribution in [3.05, 3.63) is 29.8 Å². The third-order valence-corrected chi connectivity index (χ3v) is 5.57. The number of nitrogens with one attached hydrogen (secondary N) is 1. The van der Waals surface area contributed by atoms with Gasteiger partial charge in [0.15, 0.2) is 15.7 Å². The number of hydrogen-bond donors (Lipinski definition) is 1. The third kappa shape index (κ3) is 3.53. The lowest BCUT2D eigenvalue weighted by Crippen LogP contribution is -2.34. The predicted molar refractivity (Wildman–Crippen MR) is 86.7 cm³/mol. The first-order valence-electron chi connectivity index (χ1n) is 7.35. The lowest BCUT2D eigenvalue weighted by atomic mass is 10.2. The Hall–Kier alpha value is -2.49. The first kappa shape index (κ1) is 16.4. The minimum absolute atomic E-state index is 0.0709. The number of aromatic nitrogens is 3. The standard InChI is InChI=1S/C14H17N5O4S/c1-9-7-12(18-23-9)17-13(20)11-3-5-15-14(16-11)19(2)10-4-6-24(21,22)8-10/h3,5,7,10H,4,6,8H2,1-2H3,(H,17,18,20). The van der Waals surface area contributed by atoms with E-state index in [0.29, 0.717) is 23.9 Å². The molecule has 1 aliphatic heterocycles. The molecule has 1 amide bonds. The van der Waals surface area contributed by atoms with Crippen LogP contribution in [0.25, 0.3) is 0 Å². The zero-order valence-corrected chi connectivity index (χ0v) is 14.1. The summed E-state index contributed by atoms with van der Waals surface area (Å²) in [6.45, 7) is 1.72. The highest BCUT2D eigenvalue weighted by Crippen LogP contribution is 2.20. The Morgan fingerprint density at radius 2 is 2.25 bits per heavy atom. The Labute approximate surface area is 139 Å². The van der Waals surface area contributed by atoms with Crippen LogP contribution >= 0.6 is 0 Å². The molecule has 1 aliphatic rings. The molecule has 3 heterocycles. The Balaban J connectivity index is 1.75. The molecule has 1 fully saturated rings. The lowest BCUT2D eigenvalue weighted by Gasteiger charge is -2.23. The quantitative estimate of drug-likeness (QED) is 0.853. The first-order chi connectivity index (χ1) is 11.3. The molecule has 0 aliphatic carbocycles. The van der Waals surface area contributed by atoms with E-state index >= 15 is 0 Å². The van der Waals surface area contributed by atoms with Crippen molar-refractivity contribution < 1.29 is 17.7 Å². The van der Waals surface area contributed by atoms with Crippen LogP contribution in [0.1, 0.15) is 22.7 Å². The summed E-state index contributed by atoms with van der Waals surface area (Å²) in [5, 5.41) is 6.27. The molecule has 3 rings (SSSR count). The zero-order chi connectivity index (χ0) is 17.3. The van der Waals surface area contributed by atoms with Crippen LogP contribution in [-0.4, -0.2) is 54.0 Å². The van der Waals surface area contributed by atoms with Crippen LogP contribution in [0, 0.1) is 6.92 Å². The fourth-order valence-electron chi connectivity index (χ4n) is 2.49. The van der Waals surface area contributed by atoms with Gasteiger partial charge in [0.25, 0.3) is 5.91 Å². The van der Waals surface area contributed by atoms with Crippen molar-refractivity contribution in [1.29, 1.82) is 0 Å². The average molecular weight is 351 g/mol. The Bertz CT molecular complexity index is 864. The number of aryl methyl sites for hydroxylation is 1. The summed E-state index contributed by atoms with van der Waals surface area (Å²) in [7, 11) is -1.28. The maximum Gasteiger partial charge on any atom is 0.275 e. The van der Waals surface area contributed by atoms with Crippen LogP contribution in [0.3, 0.4) is 0 Å². The van der Waals surface area contributed by atoms with Crippen LogP contribution < -0.4 is 10.2 Å². The van der Waals surface area contributed by atoms with Crippen LogP contribution in [0.15, 0.2) is 22.9 Å². The van der Waals surface area contributed by atoms with Gasteiger partial charge in [0.05, 0.1) is 11.5 Å². The van der Waals surface area contributed by atoms with Gasteiger partial charge in [-0.3, -0.25) is 4.79 Å². The molecule has 1 saturated heterocycles. The average Bonchev–Trinajstić information content (AvgIpc) is 3.12. The van der Waals surface area contributed by atoms with Crippen molar-refractivity contribution in [2.24, 2.45) is 0 Å². The largest absolute Gasteiger partial charge is 0.360 e. The number of carbonyl (C=O) groups excluding carboxylic acids is 1. The topological polar surface area (TPSA) is 118 Å². The maximum atomic E-state index is 12.2. The van der Waals surface area contributed by atoms with Crippen molar-refractivity contribution in [1.82, 2.24) is 15.1 Å². The maximum absolute atomic E-state index is 12.2. The van der Waals surface area contributed by atoms with Crippen molar-refractivity contribution in [2.45, 2.75) is 19.4 Å². The molecule has 9 nitrogen and oxygen atoms in total. The number of rotatable bonds is 4. The second-order valence-electron chi connectivity index (χ2n) is 5.69. The summed E-state index contributed by atoms with van der Waals surface area (Å²) in [5.41, 5.74) is 0.161. The SMILES string of the molecule is Cc1cc(NC(=O)c2ccnc(N(C)C3CCS(=O)(=O)C3)n2)no1. The smallest absolute Gasteiger partial charge is 0.275 e. The molecular formula is C14H17N5O4S. The van der Waals surface area contributed by atoms with Gasteiger partial charge in [-0.05, 0) is 19.4 Å². The van der Waals surface area contributed by atoms with Crippen LogP contribution in [0.4, 0.5) is 11.8 Å². The summed E-state index contributed by atoms with van der Waals surface area (Å²) < 4.78 is 28.1. The van der Waals surface area contributed by atoms with Gasteiger partial charge >= 0.3 is 0 Å². The van der Waals surface area contributed by atoms with E-state index in [1.165, 1.54) is 12.3 Å². The molecule has 24 heavy (non-hydrogen) atoms. The van der Waals surface area contributed by atoms with E-state index in [2.05, 4.69) is 20.4 Å². The molecule has 0 spiro atoms. The molecule has 1 unspecified atom stereocenters. The van der Waals surface area contributed by atoms with Gasteiger partial charge in [-0.25, -0.2) is 18.4 Å². The summed E-state index contributed by atoms with van der Waals surface area (Å²) in [5.74, 6) is 0.971. The van der Waals surface area contributed by atoms with Gasteiger partial charge < -0.3 is 14.7 Å². The molecule has 10 heteroatoms. The Kier molecular flexibility index (Phi) is 4.22. The lowest BCUT2D eigenvalue weighted by molar-refractivity contribution is 0.102. The van der Waals surface area contributed by atoms with E-state index in [0.717, 1.165) is 0 Å². The van der Waals surface area contributed by atoms with E-state index in [4.69, 9.17) is 4.52 Å². The molecule has 0 bridgehead atoms. The predicted octanol–water partition coefficient (Wildman–Crippen LogP) is 0.649. The van der Waals surface area contributed by atoms with Gasteiger partial charge in [-0.2, -0.15) is 0 Å². The highest BCUT2D eigenvalue weighted by Gasteiger charge is 2.31. The Morgan fingerprint density at radius 1 is 1.46 bits per heavy atom. The van der Waals surface area contributed by atoms with Crippen molar-refractivity contribution in [3.63, 3.8) is 0 Å². The van der Waals surface area contributed by atoms with Gasteiger partial charge in [0.1, 0.15) is 11.5 Å². The van der Waals surface area contributed by atoms with E-state index in [1.807, 2.05) is 0 Å². The number of sulfone groups is 1. The summed E-state index contributed by atoms with van der Waals surface area (Å²) >= 11 is 0. The molecule has 0 saturated carbocycles. The number of anilines is 2. The normalized spacial score (nSPS) is 19.2. The minimum Gasteiger partial charge on any atom is -0.360 e. The second kappa shape index (κ2) is 6.19. The fourth-order valence-corrected chi connectivity index (χ4v) is 4.27. The molecular weight excluding hydrogens is 334 g/mol. The summed E-state index contributed by atoms with van der Waals surface area (Å²) in [4.78, 5) is 22.3. The van der Waals surface area contributed by atoms with Gasteiger partial charge in [0.2, 0.25) is 5.95 Å². The third-order valence-electron chi connectivity index (χ3n) is 3.82. The van der Waals surface area contributed by atoms with E-state index in [-0.39, 0.29) is 23.2 Å². The molecule has 1 N–H and O–H groups in total. The zero-order valence-electron chi connectivity index (χ0n) is 13.3. The van der Waals surface area contributed by atoms with Crippen molar-refractivity contribution >= 4 is 27.5 Å². The number of hydrogen-bond acceptors (Lipinski definition) is 8. The van der Waals surface area contributed by atoms with E-state index < -0.39 is 15.7 Å². The van der Waals surface area contributed by atoms with Crippen LogP contribution in [0.5, 0.6) is 0 Å². The first-order valence-corrected chi connectivity index (χ1v) is 9.17. The Morgan fingerprint density at radius 3 is 2.88 bits per heavy atom. The van der Waals surface area contributed by atoms with E-state index in [1.54, 1.807) is 24.9 Å². The highest BCUT2D eigenvalue weighted by atomic mass is 32.2. The molecule has 128 valence electrons. The van der Waals surface area contributed by atoms with Gasteiger partial charge in [-0.15, -0.1) is 0 Å². The number of carbonyl (C=O) groups is 1. The highest BCUT2D eigenvalue weighted by molar-refractivity contribution is 7.91. The molecule has 0 aromatic carbocycles. The second-order valence-corrected chi connectivity index (χ2v) is 7.92. The van der Waals surface area contributed by atoms with Crippen LogP contribution in [0.2, 0.25) is 0 Å². The fraction of sp³-hybridized carbons (Fsp3) is 0.429. The molecule has 2 aromatic heterocycles.